The summed E-state index contributed by atoms with van der Waals surface area (Å²) in [6, 6.07) is 5.85. The highest BCUT2D eigenvalue weighted by Crippen LogP contribution is 2.30. The molecular formula is C13H18O3. The summed E-state index contributed by atoms with van der Waals surface area (Å²) in [5, 5.41) is 18.6. The highest BCUT2D eigenvalue weighted by Gasteiger charge is 2.36. The van der Waals surface area contributed by atoms with E-state index >= 15 is 0 Å². The van der Waals surface area contributed by atoms with Crippen molar-refractivity contribution in [3.8, 4) is 0 Å². The van der Waals surface area contributed by atoms with E-state index in [1.165, 1.54) is 0 Å². The van der Waals surface area contributed by atoms with Crippen LogP contribution in [0, 0.1) is 13.8 Å². The van der Waals surface area contributed by atoms with Crippen LogP contribution in [0.3, 0.4) is 0 Å². The molecule has 1 aromatic carbocycles. The number of carbonyl (C=O) groups is 1. The minimum absolute atomic E-state index is 0.790. The van der Waals surface area contributed by atoms with Crippen molar-refractivity contribution in [2.45, 2.75) is 39.2 Å². The molecule has 1 rings (SSSR count). The molecule has 0 aliphatic heterocycles. The van der Waals surface area contributed by atoms with Gasteiger partial charge in [-0.1, -0.05) is 37.6 Å². The van der Waals surface area contributed by atoms with E-state index in [4.69, 9.17) is 5.11 Å². The Morgan fingerprint density at radius 3 is 2.38 bits per heavy atom. The van der Waals surface area contributed by atoms with E-state index in [1.54, 1.807) is 13.8 Å². The van der Waals surface area contributed by atoms with Crippen molar-refractivity contribution < 1.29 is 15.0 Å². The van der Waals surface area contributed by atoms with Gasteiger partial charge in [-0.25, -0.2) is 4.79 Å². The summed E-state index contributed by atoms with van der Waals surface area (Å²) in [6.45, 7) is 7.36. The van der Waals surface area contributed by atoms with Crippen LogP contribution in [0.4, 0.5) is 0 Å². The predicted octanol–water partition coefficient (Wildman–Crippen LogP) is 2.03. The van der Waals surface area contributed by atoms with Crippen LogP contribution in [-0.2, 0) is 10.2 Å². The van der Waals surface area contributed by atoms with E-state index in [0.717, 1.165) is 16.7 Å². The first-order valence-corrected chi connectivity index (χ1v) is 5.25. The summed E-state index contributed by atoms with van der Waals surface area (Å²) in [6.07, 6.45) is -1.40. The third-order valence-corrected chi connectivity index (χ3v) is 3.00. The van der Waals surface area contributed by atoms with Crippen molar-refractivity contribution in [3.63, 3.8) is 0 Å². The van der Waals surface area contributed by atoms with Gasteiger partial charge >= 0.3 is 5.97 Å². The van der Waals surface area contributed by atoms with E-state index < -0.39 is 17.5 Å². The first kappa shape index (κ1) is 12.7. The molecule has 1 aromatic rings. The number of benzene rings is 1. The second kappa shape index (κ2) is 4.26. The van der Waals surface area contributed by atoms with Gasteiger partial charge in [0.2, 0.25) is 0 Å². The van der Waals surface area contributed by atoms with Crippen LogP contribution >= 0.6 is 0 Å². The number of aliphatic hydroxyl groups is 1. The molecule has 0 heterocycles. The molecule has 0 saturated carbocycles. The average Bonchev–Trinajstić information content (AvgIpc) is 2.20. The number of rotatable bonds is 3. The molecule has 88 valence electrons. The van der Waals surface area contributed by atoms with Gasteiger partial charge in [-0.15, -0.1) is 0 Å². The van der Waals surface area contributed by atoms with Gasteiger partial charge in [0.1, 0.15) is 0 Å². The fourth-order valence-corrected chi connectivity index (χ4v) is 1.89. The topological polar surface area (TPSA) is 57.5 Å². The Balaban J connectivity index is 3.25. The second-order valence-electron chi connectivity index (χ2n) is 4.78. The largest absolute Gasteiger partial charge is 0.479 e. The second-order valence-corrected chi connectivity index (χ2v) is 4.78. The molecule has 0 saturated heterocycles. The molecule has 0 aliphatic rings. The van der Waals surface area contributed by atoms with Crippen LogP contribution in [0.15, 0.2) is 18.2 Å². The molecule has 0 amide bonds. The van der Waals surface area contributed by atoms with E-state index in [1.807, 2.05) is 32.0 Å². The van der Waals surface area contributed by atoms with E-state index in [0.29, 0.717) is 0 Å². The molecule has 3 heteroatoms. The van der Waals surface area contributed by atoms with E-state index in [9.17, 15) is 9.90 Å². The number of carboxylic acid groups (broad SMARTS) is 1. The molecule has 0 aliphatic carbocycles. The molecule has 0 bridgehead atoms. The SMILES string of the molecule is Cc1ccc(C)c(C(C)(C)C(O)C(=O)O)c1. The summed E-state index contributed by atoms with van der Waals surface area (Å²) < 4.78 is 0. The molecule has 0 radical (unpaired) electrons. The molecule has 0 spiro atoms. The van der Waals surface area contributed by atoms with Crippen LogP contribution in [0.1, 0.15) is 30.5 Å². The zero-order chi connectivity index (χ0) is 12.5. The third-order valence-electron chi connectivity index (χ3n) is 3.00. The molecule has 0 aromatic heterocycles. The van der Waals surface area contributed by atoms with Gasteiger partial charge in [-0.2, -0.15) is 0 Å². The van der Waals surface area contributed by atoms with Gasteiger partial charge in [-0.05, 0) is 25.0 Å². The maximum absolute atomic E-state index is 10.9. The monoisotopic (exact) mass is 222 g/mol. The standard InChI is InChI=1S/C13H18O3/c1-8-5-6-9(2)10(7-8)13(3,4)11(14)12(15)16/h5-7,11,14H,1-4H3,(H,15,16). The fraction of sp³-hybridized carbons (Fsp3) is 0.462. The van der Waals surface area contributed by atoms with Gasteiger partial charge in [0, 0.05) is 5.41 Å². The van der Waals surface area contributed by atoms with E-state index in [2.05, 4.69) is 0 Å². The molecule has 1 unspecified atom stereocenters. The summed E-state index contributed by atoms with van der Waals surface area (Å²) in [5.74, 6) is -1.19. The smallest absolute Gasteiger partial charge is 0.333 e. The number of aliphatic carboxylic acids is 1. The van der Waals surface area contributed by atoms with Crippen molar-refractivity contribution in [2.24, 2.45) is 0 Å². The number of carboxylic acids is 1. The lowest BCUT2D eigenvalue weighted by Gasteiger charge is -2.30. The summed E-state index contributed by atoms with van der Waals surface area (Å²) in [7, 11) is 0. The van der Waals surface area contributed by atoms with E-state index in [-0.39, 0.29) is 0 Å². The highest BCUT2D eigenvalue weighted by molar-refractivity contribution is 5.74. The minimum atomic E-state index is -1.40. The Hall–Kier alpha value is -1.35. The Morgan fingerprint density at radius 1 is 1.31 bits per heavy atom. The lowest BCUT2D eigenvalue weighted by molar-refractivity contribution is -0.150. The molecule has 1 atom stereocenters. The third kappa shape index (κ3) is 2.25. The number of hydrogen-bond acceptors (Lipinski definition) is 2. The maximum Gasteiger partial charge on any atom is 0.333 e. The highest BCUT2D eigenvalue weighted by atomic mass is 16.4. The van der Waals surface area contributed by atoms with Gasteiger partial charge in [-0.3, -0.25) is 0 Å². The lowest BCUT2D eigenvalue weighted by atomic mass is 9.77. The molecule has 16 heavy (non-hydrogen) atoms. The first-order chi connectivity index (χ1) is 7.26. The summed E-state index contributed by atoms with van der Waals surface area (Å²) in [5.41, 5.74) is 2.15. The number of aryl methyl sites for hydroxylation is 2. The Morgan fingerprint density at radius 2 is 1.88 bits per heavy atom. The van der Waals surface area contributed by atoms with Crippen molar-refractivity contribution >= 4 is 5.97 Å². The lowest BCUT2D eigenvalue weighted by Crippen LogP contribution is -2.40. The zero-order valence-corrected chi connectivity index (χ0v) is 10.1. The first-order valence-electron chi connectivity index (χ1n) is 5.25. The molecular weight excluding hydrogens is 204 g/mol. The Labute approximate surface area is 95.7 Å². The Kier molecular flexibility index (Phi) is 3.38. The van der Waals surface area contributed by atoms with Gasteiger partial charge < -0.3 is 10.2 Å². The van der Waals surface area contributed by atoms with Crippen molar-refractivity contribution in [1.82, 2.24) is 0 Å². The van der Waals surface area contributed by atoms with Crippen molar-refractivity contribution in [3.05, 3.63) is 34.9 Å². The summed E-state index contributed by atoms with van der Waals surface area (Å²) in [4.78, 5) is 10.9. The maximum atomic E-state index is 10.9. The van der Waals surface area contributed by atoms with Crippen LogP contribution in [-0.4, -0.2) is 22.3 Å². The number of hydrogen-bond donors (Lipinski definition) is 2. The molecule has 2 N–H and O–H groups in total. The fourth-order valence-electron chi connectivity index (χ4n) is 1.89. The molecule has 0 fully saturated rings. The zero-order valence-electron chi connectivity index (χ0n) is 10.1. The van der Waals surface area contributed by atoms with Crippen LogP contribution in [0.2, 0.25) is 0 Å². The van der Waals surface area contributed by atoms with Gasteiger partial charge in [0.25, 0.3) is 0 Å². The van der Waals surface area contributed by atoms with Crippen LogP contribution < -0.4 is 0 Å². The van der Waals surface area contributed by atoms with Crippen LogP contribution in [0.25, 0.3) is 0 Å². The average molecular weight is 222 g/mol. The van der Waals surface area contributed by atoms with Gasteiger partial charge in [0.15, 0.2) is 6.10 Å². The minimum Gasteiger partial charge on any atom is -0.479 e. The number of aliphatic hydroxyl groups excluding tert-OH is 1. The Bertz CT molecular complexity index is 408. The van der Waals surface area contributed by atoms with Gasteiger partial charge in [0.05, 0.1) is 0 Å². The summed E-state index contributed by atoms with van der Waals surface area (Å²) >= 11 is 0. The van der Waals surface area contributed by atoms with Crippen molar-refractivity contribution in [1.29, 1.82) is 0 Å². The van der Waals surface area contributed by atoms with Crippen LogP contribution in [0.5, 0.6) is 0 Å². The van der Waals surface area contributed by atoms with Crippen molar-refractivity contribution in [2.75, 3.05) is 0 Å². The predicted molar refractivity (Wildman–Crippen MR) is 62.6 cm³/mol. The normalized spacial score (nSPS) is 13.6. The quantitative estimate of drug-likeness (QED) is 0.822. The molecule has 3 nitrogen and oxygen atoms in total.